The average Bonchev–Trinajstić information content (AvgIpc) is 2.29. The first kappa shape index (κ1) is 13.2. The smallest absolute Gasteiger partial charge is 0.315 e. The molecule has 1 heterocycles. The van der Waals surface area contributed by atoms with E-state index in [4.69, 9.17) is 0 Å². The van der Waals surface area contributed by atoms with Crippen LogP contribution in [0.4, 0.5) is 4.79 Å². The van der Waals surface area contributed by atoms with Crippen LogP contribution in [-0.4, -0.2) is 47.3 Å². The zero-order valence-electron chi connectivity index (χ0n) is 10.1. The molecule has 0 radical (unpaired) electrons. The number of carbonyl (C=O) groups is 3. The van der Waals surface area contributed by atoms with E-state index in [9.17, 15) is 14.4 Å². The molecule has 94 valence electrons. The van der Waals surface area contributed by atoms with Crippen LogP contribution in [0, 0.1) is 0 Å². The average molecular weight is 239 g/mol. The monoisotopic (exact) mass is 239 g/mol. The Kier molecular flexibility index (Phi) is 4.25. The molecule has 1 saturated heterocycles. The van der Waals surface area contributed by atoms with Crippen LogP contribution < -0.4 is 5.32 Å². The van der Waals surface area contributed by atoms with E-state index in [0.29, 0.717) is 13.0 Å². The van der Waals surface area contributed by atoms with Crippen molar-refractivity contribution in [2.45, 2.75) is 25.8 Å². The quantitative estimate of drug-likeness (QED) is 0.720. The highest BCUT2D eigenvalue weighted by molar-refractivity contribution is 6.01. The second kappa shape index (κ2) is 5.47. The van der Waals surface area contributed by atoms with Gasteiger partial charge in [0.15, 0.2) is 0 Å². The molecule has 0 aromatic rings. The Morgan fingerprint density at radius 2 is 2.24 bits per heavy atom. The van der Waals surface area contributed by atoms with Gasteiger partial charge >= 0.3 is 6.03 Å². The number of hydrogen-bond donors (Lipinski definition) is 1. The van der Waals surface area contributed by atoms with Crippen LogP contribution >= 0.6 is 0 Å². The van der Waals surface area contributed by atoms with Crippen molar-refractivity contribution in [3.8, 4) is 0 Å². The maximum Gasteiger partial charge on any atom is 0.324 e. The number of likely N-dealkylation sites (N-methyl/N-ethyl adjacent to an activating group) is 1. The van der Waals surface area contributed by atoms with Crippen molar-refractivity contribution < 1.29 is 14.4 Å². The van der Waals surface area contributed by atoms with Crippen molar-refractivity contribution in [2.75, 3.05) is 13.6 Å². The molecule has 0 spiro atoms. The molecular formula is C11H17N3O3. The third kappa shape index (κ3) is 2.83. The van der Waals surface area contributed by atoms with Crippen LogP contribution in [0.15, 0.2) is 12.8 Å². The standard InChI is InChI=1S/C11H17N3O3/c1-4-14(5-2)11(17)13(3)8-6-7-9(15)12-10(8)16/h4,8H,1,5-7H2,2-3H3,(H,12,15,16). The number of urea groups is 1. The summed E-state index contributed by atoms with van der Waals surface area (Å²) in [5.74, 6) is -0.708. The summed E-state index contributed by atoms with van der Waals surface area (Å²) < 4.78 is 0. The molecule has 0 aliphatic carbocycles. The van der Waals surface area contributed by atoms with E-state index in [1.54, 1.807) is 7.05 Å². The van der Waals surface area contributed by atoms with Gasteiger partial charge in [0.05, 0.1) is 0 Å². The number of carbonyl (C=O) groups excluding carboxylic acids is 3. The van der Waals surface area contributed by atoms with Crippen molar-refractivity contribution in [1.82, 2.24) is 15.1 Å². The minimum atomic E-state index is -0.589. The molecule has 17 heavy (non-hydrogen) atoms. The molecule has 0 aromatic carbocycles. The van der Waals surface area contributed by atoms with Crippen molar-refractivity contribution in [3.05, 3.63) is 12.8 Å². The number of hydrogen-bond acceptors (Lipinski definition) is 3. The zero-order valence-corrected chi connectivity index (χ0v) is 10.1. The Hall–Kier alpha value is -1.85. The number of imide groups is 1. The van der Waals surface area contributed by atoms with Crippen LogP contribution in [0.3, 0.4) is 0 Å². The third-order valence-corrected chi connectivity index (χ3v) is 2.79. The number of amides is 4. The van der Waals surface area contributed by atoms with Crippen LogP contribution in [0.25, 0.3) is 0 Å². The summed E-state index contributed by atoms with van der Waals surface area (Å²) in [7, 11) is 1.55. The number of rotatable bonds is 3. The lowest BCUT2D eigenvalue weighted by molar-refractivity contribution is -0.136. The fourth-order valence-corrected chi connectivity index (χ4v) is 1.73. The molecule has 6 heteroatoms. The molecule has 1 fully saturated rings. The van der Waals surface area contributed by atoms with E-state index in [1.165, 1.54) is 16.0 Å². The molecule has 4 amide bonds. The Morgan fingerprint density at radius 1 is 1.59 bits per heavy atom. The maximum absolute atomic E-state index is 11.9. The molecule has 1 unspecified atom stereocenters. The predicted molar refractivity (Wildman–Crippen MR) is 61.9 cm³/mol. The van der Waals surface area contributed by atoms with Gasteiger partial charge in [0.25, 0.3) is 0 Å². The predicted octanol–water partition coefficient (Wildman–Crippen LogP) is 0.309. The first-order valence-corrected chi connectivity index (χ1v) is 5.51. The summed E-state index contributed by atoms with van der Waals surface area (Å²) in [5.41, 5.74) is 0. The van der Waals surface area contributed by atoms with E-state index in [2.05, 4.69) is 11.9 Å². The van der Waals surface area contributed by atoms with Gasteiger partial charge in [-0.3, -0.25) is 14.9 Å². The topological polar surface area (TPSA) is 69.7 Å². The summed E-state index contributed by atoms with van der Waals surface area (Å²) in [5, 5.41) is 2.22. The van der Waals surface area contributed by atoms with Gasteiger partial charge < -0.3 is 9.80 Å². The first-order chi connectivity index (χ1) is 8.01. The Labute approximate surface area is 100 Å². The van der Waals surface area contributed by atoms with Gasteiger partial charge in [-0.15, -0.1) is 0 Å². The SMILES string of the molecule is C=CN(CC)C(=O)N(C)C1CCC(=O)NC1=O. The molecule has 0 bridgehead atoms. The summed E-state index contributed by atoms with van der Waals surface area (Å²) in [6, 6.07) is -0.883. The lowest BCUT2D eigenvalue weighted by Crippen LogP contribution is -2.54. The molecule has 0 saturated carbocycles. The second-order valence-corrected chi connectivity index (χ2v) is 3.83. The molecule has 1 aliphatic heterocycles. The van der Waals surface area contributed by atoms with Crippen LogP contribution in [0.5, 0.6) is 0 Å². The summed E-state index contributed by atoms with van der Waals surface area (Å²) in [6.45, 7) is 5.84. The van der Waals surface area contributed by atoms with Gasteiger partial charge in [0, 0.05) is 26.2 Å². The number of piperidine rings is 1. The largest absolute Gasteiger partial charge is 0.324 e. The fourth-order valence-electron chi connectivity index (χ4n) is 1.73. The molecular weight excluding hydrogens is 222 g/mol. The van der Waals surface area contributed by atoms with E-state index >= 15 is 0 Å². The van der Waals surface area contributed by atoms with E-state index in [0.717, 1.165) is 0 Å². The van der Waals surface area contributed by atoms with Gasteiger partial charge in [-0.25, -0.2) is 4.79 Å². The number of nitrogens with one attached hydrogen (secondary N) is 1. The van der Waals surface area contributed by atoms with Crippen molar-refractivity contribution >= 4 is 17.8 Å². The van der Waals surface area contributed by atoms with E-state index in [1.807, 2.05) is 6.92 Å². The molecule has 0 aromatic heterocycles. The van der Waals surface area contributed by atoms with Gasteiger partial charge in [-0.05, 0) is 13.3 Å². The Balaban J connectivity index is 2.72. The van der Waals surface area contributed by atoms with Crippen molar-refractivity contribution in [2.24, 2.45) is 0 Å². The first-order valence-electron chi connectivity index (χ1n) is 5.51. The van der Waals surface area contributed by atoms with Crippen molar-refractivity contribution in [3.63, 3.8) is 0 Å². The minimum Gasteiger partial charge on any atom is -0.315 e. The van der Waals surface area contributed by atoms with Crippen molar-refractivity contribution in [1.29, 1.82) is 0 Å². The second-order valence-electron chi connectivity index (χ2n) is 3.83. The number of nitrogens with zero attached hydrogens (tertiary/aromatic N) is 2. The van der Waals surface area contributed by atoms with Crippen LogP contribution in [0.2, 0.25) is 0 Å². The summed E-state index contributed by atoms with van der Waals surface area (Å²) >= 11 is 0. The van der Waals surface area contributed by atoms with Crippen LogP contribution in [-0.2, 0) is 9.59 Å². The lowest BCUT2D eigenvalue weighted by Gasteiger charge is -2.32. The van der Waals surface area contributed by atoms with Gasteiger partial charge in [0.2, 0.25) is 11.8 Å². The van der Waals surface area contributed by atoms with E-state index < -0.39 is 11.9 Å². The van der Waals surface area contributed by atoms with Gasteiger partial charge in [0.1, 0.15) is 6.04 Å². The fraction of sp³-hybridized carbons (Fsp3) is 0.545. The zero-order chi connectivity index (χ0) is 13.0. The Bertz CT molecular complexity index is 354. The van der Waals surface area contributed by atoms with E-state index in [-0.39, 0.29) is 18.4 Å². The highest BCUT2D eigenvalue weighted by Crippen LogP contribution is 2.12. The minimum absolute atomic E-state index is 0.258. The Morgan fingerprint density at radius 3 is 2.71 bits per heavy atom. The van der Waals surface area contributed by atoms with Gasteiger partial charge in [-0.1, -0.05) is 6.58 Å². The summed E-state index contributed by atoms with van der Waals surface area (Å²) in [4.78, 5) is 37.3. The molecule has 1 aliphatic rings. The molecule has 6 nitrogen and oxygen atoms in total. The molecule has 1 rings (SSSR count). The third-order valence-electron chi connectivity index (χ3n) is 2.79. The van der Waals surface area contributed by atoms with Gasteiger partial charge in [-0.2, -0.15) is 0 Å². The highest BCUT2D eigenvalue weighted by atomic mass is 16.2. The van der Waals surface area contributed by atoms with Crippen LogP contribution in [0.1, 0.15) is 19.8 Å². The molecule has 1 atom stereocenters. The normalized spacial score (nSPS) is 19.5. The summed E-state index contributed by atoms with van der Waals surface area (Å²) in [6.07, 6.45) is 2.04. The maximum atomic E-state index is 11.9. The highest BCUT2D eigenvalue weighted by Gasteiger charge is 2.33. The lowest BCUT2D eigenvalue weighted by atomic mass is 10.1. The molecule has 1 N–H and O–H groups in total.